The number of rotatable bonds is 7. The largest absolute Gasteiger partial charge is 0.393 e. The van der Waals surface area contributed by atoms with Gasteiger partial charge >= 0.3 is 0 Å². The number of aliphatic hydroxyl groups is 3. The molecule has 4 aliphatic carbocycles. The van der Waals surface area contributed by atoms with Crippen LogP contribution in [-0.2, 0) is 11.2 Å². The Morgan fingerprint density at radius 1 is 1.05 bits per heavy atom. The maximum Gasteiger partial charge on any atom is 0.226 e. The molecular weight excluding hydrogens is 498 g/mol. The van der Waals surface area contributed by atoms with E-state index in [-0.39, 0.29) is 34.9 Å². The third-order valence-corrected chi connectivity index (χ3v) is 12.5. The molecule has 1 aromatic rings. The highest BCUT2D eigenvalue weighted by atomic mass is 32.1. The first-order chi connectivity index (χ1) is 17.9. The van der Waals surface area contributed by atoms with Gasteiger partial charge in [0, 0.05) is 12.8 Å². The second-order valence-corrected chi connectivity index (χ2v) is 15.3. The van der Waals surface area contributed by atoms with Crippen molar-refractivity contribution in [3.05, 3.63) is 5.01 Å². The van der Waals surface area contributed by atoms with E-state index in [1.54, 1.807) is 0 Å². The maximum atomic E-state index is 12.7. The molecule has 38 heavy (non-hydrogen) atoms. The van der Waals surface area contributed by atoms with Crippen LogP contribution in [0.2, 0.25) is 0 Å². The lowest BCUT2D eigenvalue weighted by Gasteiger charge is -2.63. The number of aliphatic hydroxyl groups excluding tert-OH is 3. The maximum absolute atomic E-state index is 12.7. The lowest BCUT2D eigenvalue weighted by Crippen LogP contribution is -2.62. The number of hydrogen-bond donors (Lipinski definition) is 4. The summed E-state index contributed by atoms with van der Waals surface area (Å²) in [6, 6.07) is 0. The monoisotopic (exact) mass is 547 g/mol. The number of fused-ring (bicyclic) bond motifs is 5. The van der Waals surface area contributed by atoms with Crippen molar-refractivity contribution in [1.82, 2.24) is 10.2 Å². The molecule has 1 amide bonds. The number of carbonyl (C=O) groups is 1. The summed E-state index contributed by atoms with van der Waals surface area (Å²) in [5.41, 5.74) is -0.145. The van der Waals surface area contributed by atoms with Gasteiger partial charge in [0.15, 0.2) is 0 Å². The van der Waals surface area contributed by atoms with Gasteiger partial charge in [-0.1, -0.05) is 46.0 Å². The summed E-state index contributed by atoms with van der Waals surface area (Å²) < 4.78 is 0. The first-order valence-corrected chi connectivity index (χ1v) is 15.9. The van der Waals surface area contributed by atoms with Crippen molar-refractivity contribution in [1.29, 1.82) is 0 Å². The second-order valence-electron chi connectivity index (χ2n) is 14.2. The van der Waals surface area contributed by atoms with Crippen LogP contribution in [0, 0.1) is 52.3 Å². The summed E-state index contributed by atoms with van der Waals surface area (Å²) in [6.07, 6.45) is 7.30. The fourth-order valence-corrected chi connectivity index (χ4v) is 10.6. The fourth-order valence-electron chi connectivity index (χ4n) is 9.61. The minimum absolute atomic E-state index is 0.0193. The summed E-state index contributed by atoms with van der Waals surface area (Å²) in [6.45, 7) is 11.2. The number of nitrogens with zero attached hydrogens (tertiary/aromatic N) is 2. The number of carbonyl (C=O) groups excluding carboxylic acids is 1. The Kier molecular flexibility index (Phi) is 8.02. The van der Waals surface area contributed by atoms with E-state index in [0.29, 0.717) is 47.1 Å². The van der Waals surface area contributed by atoms with Crippen molar-refractivity contribution in [3.8, 4) is 0 Å². The van der Waals surface area contributed by atoms with Crippen LogP contribution in [-0.4, -0.2) is 49.7 Å². The highest BCUT2D eigenvalue weighted by molar-refractivity contribution is 7.15. The third-order valence-electron chi connectivity index (χ3n) is 11.6. The van der Waals surface area contributed by atoms with Crippen molar-refractivity contribution >= 4 is 22.4 Å². The van der Waals surface area contributed by atoms with Gasteiger partial charge in [-0.05, 0) is 104 Å². The third kappa shape index (κ3) is 4.97. The predicted octanol–water partition coefficient (Wildman–Crippen LogP) is 5.05. The zero-order valence-electron chi connectivity index (χ0n) is 23.9. The first kappa shape index (κ1) is 28.4. The van der Waals surface area contributed by atoms with E-state index in [1.807, 2.05) is 0 Å². The molecule has 1 aromatic heterocycles. The molecule has 4 N–H and O–H groups in total. The van der Waals surface area contributed by atoms with Crippen molar-refractivity contribution in [2.75, 3.05) is 5.32 Å². The number of amides is 1. The lowest BCUT2D eigenvalue weighted by atomic mass is 9.43. The molecule has 4 aliphatic rings. The molecular formula is C30H49N3O4S. The molecule has 214 valence electrons. The van der Waals surface area contributed by atoms with Gasteiger partial charge in [0.25, 0.3) is 0 Å². The van der Waals surface area contributed by atoms with Crippen LogP contribution in [0.25, 0.3) is 0 Å². The topological polar surface area (TPSA) is 116 Å². The van der Waals surface area contributed by atoms with Gasteiger partial charge in [0.2, 0.25) is 11.0 Å². The molecule has 11 atom stereocenters. The Labute approximate surface area is 232 Å². The number of aromatic nitrogens is 2. The normalized spacial score (nSPS) is 43.3. The quantitative estimate of drug-likeness (QED) is 0.380. The number of anilines is 1. The molecule has 0 spiro atoms. The fraction of sp³-hybridized carbons (Fsp3) is 0.900. The molecule has 0 bridgehead atoms. The van der Waals surface area contributed by atoms with Crippen molar-refractivity contribution in [2.45, 2.75) is 117 Å². The summed E-state index contributed by atoms with van der Waals surface area (Å²) in [5, 5.41) is 46.3. The minimum atomic E-state index is -0.395. The number of hydrogen-bond acceptors (Lipinski definition) is 7. The van der Waals surface area contributed by atoms with Gasteiger partial charge in [0.05, 0.1) is 18.3 Å². The Hall–Kier alpha value is -1.09. The molecule has 7 nitrogen and oxygen atoms in total. The summed E-state index contributed by atoms with van der Waals surface area (Å²) in [4.78, 5) is 12.7. The van der Waals surface area contributed by atoms with Crippen LogP contribution in [0.5, 0.6) is 0 Å². The molecule has 5 rings (SSSR count). The Morgan fingerprint density at radius 2 is 1.82 bits per heavy atom. The summed E-state index contributed by atoms with van der Waals surface area (Å²) >= 11 is 1.46. The van der Waals surface area contributed by atoms with E-state index in [9.17, 15) is 20.1 Å². The van der Waals surface area contributed by atoms with Gasteiger partial charge in [0.1, 0.15) is 5.01 Å². The first-order valence-electron chi connectivity index (χ1n) is 15.1. The smallest absolute Gasteiger partial charge is 0.226 e. The van der Waals surface area contributed by atoms with Gasteiger partial charge in [-0.2, -0.15) is 0 Å². The molecule has 8 heteroatoms. The van der Waals surface area contributed by atoms with Crippen molar-refractivity contribution < 1.29 is 20.1 Å². The predicted molar refractivity (Wildman–Crippen MR) is 149 cm³/mol. The molecule has 0 aliphatic heterocycles. The van der Waals surface area contributed by atoms with E-state index in [1.165, 1.54) is 11.3 Å². The van der Waals surface area contributed by atoms with Crippen molar-refractivity contribution in [3.63, 3.8) is 0 Å². The molecule has 4 fully saturated rings. The van der Waals surface area contributed by atoms with E-state index in [4.69, 9.17) is 0 Å². The van der Waals surface area contributed by atoms with E-state index < -0.39 is 6.10 Å². The van der Waals surface area contributed by atoms with E-state index in [0.717, 1.165) is 62.8 Å². The molecule has 0 unspecified atom stereocenters. The zero-order valence-corrected chi connectivity index (χ0v) is 24.7. The Morgan fingerprint density at radius 3 is 2.55 bits per heavy atom. The van der Waals surface area contributed by atoms with Crippen LogP contribution in [0.1, 0.15) is 97.4 Å². The molecule has 0 aromatic carbocycles. The summed E-state index contributed by atoms with van der Waals surface area (Å²) in [5.74, 6) is 2.30. The van der Waals surface area contributed by atoms with Crippen LogP contribution in [0.4, 0.5) is 5.13 Å². The van der Waals surface area contributed by atoms with Crippen LogP contribution in [0.3, 0.4) is 0 Å². The Balaban J connectivity index is 1.24. The molecule has 1 heterocycles. The number of nitrogens with one attached hydrogen (secondary N) is 1. The van der Waals surface area contributed by atoms with Crippen LogP contribution >= 0.6 is 11.3 Å². The summed E-state index contributed by atoms with van der Waals surface area (Å²) in [7, 11) is 0. The highest BCUT2D eigenvalue weighted by Crippen LogP contribution is 2.68. The van der Waals surface area contributed by atoms with Crippen LogP contribution in [0.15, 0.2) is 0 Å². The van der Waals surface area contributed by atoms with E-state index >= 15 is 0 Å². The van der Waals surface area contributed by atoms with Crippen LogP contribution < -0.4 is 5.32 Å². The van der Waals surface area contributed by atoms with Gasteiger partial charge < -0.3 is 20.6 Å². The van der Waals surface area contributed by atoms with Crippen molar-refractivity contribution in [2.24, 2.45) is 52.3 Å². The van der Waals surface area contributed by atoms with E-state index in [2.05, 4.69) is 50.1 Å². The standard InChI is InChI=1S/C30H49N3O4S/c1-16(2)12-26-32-33-28(38-26)31-25(37)9-6-17(3)20-7-8-21-27-22(15-24(36)30(20,21)5)29(4)11-10-19(34)13-18(29)14-23(27)35/h16-24,27,34-36H,6-15H2,1-5H3,(H,31,33,37)/t17-,18-,19-,20+,21-,22-,23-,24+,27+,29+,30-/m1/s1. The lowest BCUT2D eigenvalue weighted by molar-refractivity contribution is -0.207. The second kappa shape index (κ2) is 10.7. The van der Waals surface area contributed by atoms with Gasteiger partial charge in [-0.15, -0.1) is 10.2 Å². The highest BCUT2D eigenvalue weighted by Gasteiger charge is 2.65. The average molecular weight is 548 g/mol. The molecule has 4 saturated carbocycles. The molecule has 0 radical (unpaired) electrons. The SMILES string of the molecule is CC(C)Cc1nnc(NC(=O)CC[C@@H](C)[C@@H]2CC[C@@H]3[C@@H]4[C@H](O)C[C@H]5C[C@H](O)CC[C@]5(C)[C@@H]4C[C@H](O)[C@@]32C)s1. The average Bonchev–Trinajstić information content (AvgIpc) is 3.43. The molecule has 0 saturated heterocycles. The van der Waals surface area contributed by atoms with Gasteiger partial charge in [-0.3, -0.25) is 4.79 Å². The zero-order chi connectivity index (χ0) is 27.4. The van der Waals surface area contributed by atoms with Gasteiger partial charge in [-0.25, -0.2) is 0 Å². The minimum Gasteiger partial charge on any atom is -0.393 e. The Bertz CT molecular complexity index is 1000.